The number of nitrogens with one attached hydrogen (secondary N) is 1. The number of carbonyl (C=O) groups excluding carboxylic acids is 4. The van der Waals surface area contributed by atoms with Gasteiger partial charge >= 0.3 is 18.1 Å². The Balaban J connectivity index is 1.32. The number of nitrogens with zero attached hydrogens (tertiary/aromatic N) is 2. The van der Waals surface area contributed by atoms with Gasteiger partial charge in [-0.2, -0.15) is 0 Å². The summed E-state index contributed by atoms with van der Waals surface area (Å²) in [6.45, 7) is 11.1. The summed E-state index contributed by atoms with van der Waals surface area (Å²) in [5.41, 5.74) is 4.07. The number of aryl methyl sites for hydroxylation is 2. The van der Waals surface area contributed by atoms with Gasteiger partial charge in [0.25, 0.3) is 5.56 Å². The molecule has 4 rings (SSSR count). The summed E-state index contributed by atoms with van der Waals surface area (Å²) in [6.07, 6.45) is 5.28. The summed E-state index contributed by atoms with van der Waals surface area (Å²) < 4.78 is 22.5. The first-order valence-corrected chi connectivity index (χ1v) is 17.9. The lowest BCUT2D eigenvalue weighted by Crippen LogP contribution is -2.44. The van der Waals surface area contributed by atoms with E-state index in [1.54, 1.807) is 39.4 Å². The highest BCUT2D eigenvalue weighted by molar-refractivity contribution is 5.90. The van der Waals surface area contributed by atoms with Crippen molar-refractivity contribution in [3.05, 3.63) is 56.9 Å². The Labute approximate surface area is 299 Å². The molecule has 3 heterocycles. The van der Waals surface area contributed by atoms with Gasteiger partial charge in [-0.3, -0.25) is 14.4 Å². The number of rotatable bonds is 16. The molecule has 1 aliphatic heterocycles. The zero-order valence-electron chi connectivity index (χ0n) is 30.9. The second-order valence-electron chi connectivity index (χ2n) is 14.0. The number of fused-ring (bicyclic) bond motifs is 4. The standard InChI is InChI=1S/C39H51N3O9/c1-8-10-11-12-13-14-15-31(37(46)51-39(4,5)6)40-33(43)18-19-34(44)50-38(47)49-23-29-24(3)20-32-35-28(22-42(32)36(29)45)26(9-2)27-21-25(48-7)16-17-30(27)41-35/h16-17,20-21,31H,8-15,18-19,22-23H2,1-7H3,(H,40,43). The first-order valence-electron chi connectivity index (χ1n) is 17.9. The molecule has 12 nitrogen and oxygen atoms in total. The monoisotopic (exact) mass is 705 g/mol. The van der Waals surface area contributed by atoms with Crippen LogP contribution in [0.15, 0.2) is 29.1 Å². The third-order valence-corrected chi connectivity index (χ3v) is 8.91. The maximum atomic E-state index is 13.6. The maximum absolute atomic E-state index is 13.6. The minimum absolute atomic E-state index is 0.248. The second-order valence-corrected chi connectivity index (χ2v) is 14.0. The van der Waals surface area contributed by atoms with E-state index in [2.05, 4.69) is 19.2 Å². The quantitative estimate of drug-likeness (QED) is 0.0745. The van der Waals surface area contributed by atoms with E-state index < -0.39 is 48.7 Å². The maximum Gasteiger partial charge on any atom is 0.516 e. The lowest BCUT2D eigenvalue weighted by atomic mass is 9.98. The zero-order chi connectivity index (χ0) is 37.3. The molecule has 276 valence electrons. The number of methoxy groups -OCH3 is 1. The first kappa shape index (κ1) is 39.1. The van der Waals surface area contributed by atoms with Crippen molar-refractivity contribution in [1.82, 2.24) is 14.9 Å². The molecule has 0 fully saturated rings. The second kappa shape index (κ2) is 17.5. The number of unbranched alkanes of at least 4 members (excludes halogenated alkanes) is 5. The number of ether oxygens (including phenoxy) is 4. The number of amides is 1. The Morgan fingerprint density at radius 2 is 1.71 bits per heavy atom. The Morgan fingerprint density at radius 1 is 0.980 bits per heavy atom. The molecule has 1 atom stereocenters. The normalized spacial score (nSPS) is 12.5. The molecular weight excluding hydrogens is 654 g/mol. The summed E-state index contributed by atoms with van der Waals surface area (Å²) in [6, 6.07) is 6.71. The van der Waals surface area contributed by atoms with Gasteiger partial charge in [-0.05, 0) is 75.9 Å². The topological polar surface area (TPSA) is 152 Å². The van der Waals surface area contributed by atoms with E-state index in [0.29, 0.717) is 24.2 Å². The third kappa shape index (κ3) is 10.2. The molecule has 0 spiro atoms. The highest BCUT2D eigenvalue weighted by Gasteiger charge is 2.29. The predicted octanol–water partition coefficient (Wildman–Crippen LogP) is 6.84. The van der Waals surface area contributed by atoms with Crippen molar-refractivity contribution >= 4 is 34.9 Å². The molecular formula is C39H51N3O9. The molecule has 0 bridgehead atoms. The van der Waals surface area contributed by atoms with Crippen LogP contribution >= 0.6 is 0 Å². The smallest absolute Gasteiger partial charge is 0.497 e. The average molecular weight is 706 g/mol. The van der Waals surface area contributed by atoms with Gasteiger partial charge in [0.2, 0.25) is 5.91 Å². The average Bonchev–Trinajstić information content (AvgIpc) is 3.43. The predicted molar refractivity (Wildman–Crippen MR) is 192 cm³/mol. The molecule has 0 aliphatic carbocycles. The van der Waals surface area contributed by atoms with Crippen LogP contribution in [0.1, 0.15) is 115 Å². The number of pyridine rings is 2. The summed E-state index contributed by atoms with van der Waals surface area (Å²) >= 11 is 0. The van der Waals surface area contributed by atoms with Gasteiger partial charge in [-0.25, -0.2) is 14.6 Å². The van der Waals surface area contributed by atoms with Crippen LogP contribution in [-0.2, 0) is 48.2 Å². The van der Waals surface area contributed by atoms with E-state index in [4.69, 9.17) is 23.9 Å². The van der Waals surface area contributed by atoms with Crippen LogP contribution in [-0.4, -0.2) is 52.3 Å². The van der Waals surface area contributed by atoms with Gasteiger partial charge in [0.05, 0.1) is 42.5 Å². The number of aromatic nitrogens is 2. The van der Waals surface area contributed by atoms with E-state index >= 15 is 0 Å². The lowest BCUT2D eigenvalue weighted by molar-refractivity contribution is -0.158. The zero-order valence-corrected chi connectivity index (χ0v) is 30.9. The van der Waals surface area contributed by atoms with Crippen molar-refractivity contribution in [2.75, 3.05) is 7.11 Å². The molecule has 1 amide bonds. The van der Waals surface area contributed by atoms with Crippen molar-refractivity contribution in [1.29, 1.82) is 0 Å². The summed E-state index contributed by atoms with van der Waals surface area (Å²) in [5.74, 6) is -1.33. The van der Waals surface area contributed by atoms with E-state index in [-0.39, 0.29) is 17.5 Å². The number of carbonyl (C=O) groups is 4. The molecule has 1 aromatic carbocycles. The molecule has 0 saturated heterocycles. The fraction of sp³-hybridized carbons (Fsp3) is 0.538. The van der Waals surface area contributed by atoms with Crippen LogP contribution in [0.2, 0.25) is 0 Å². The Morgan fingerprint density at radius 3 is 2.39 bits per heavy atom. The molecule has 1 unspecified atom stereocenters. The molecule has 3 aromatic rings. The minimum Gasteiger partial charge on any atom is -0.497 e. The highest BCUT2D eigenvalue weighted by Crippen LogP contribution is 2.37. The van der Waals surface area contributed by atoms with Crippen molar-refractivity contribution in [2.45, 2.75) is 131 Å². The minimum atomic E-state index is -1.28. The van der Waals surface area contributed by atoms with Crippen molar-refractivity contribution in [3.63, 3.8) is 0 Å². The van der Waals surface area contributed by atoms with Crippen LogP contribution in [0.25, 0.3) is 22.3 Å². The van der Waals surface area contributed by atoms with E-state index in [1.807, 2.05) is 24.3 Å². The van der Waals surface area contributed by atoms with Gasteiger partial charge in [-0.15, -0.1) is 0 Å². The Hall–Kier alpha value is -4.74. The van der Waals surface area contributed by atoms with E-state index in [1.165, 1.54) is 0 Å². The van der Waals surface area contributed by atoms with Gasteiger partial charge in [0.1, 0.15) is 24.0 Å². The fourth-order valence-corrected chi connectivity index (χ4v) is 6.30. The van der Waals surface area contributed by atoms with Gasteiger partial charge < -0.3 is 28.8 Å². The number of esters is 2. The lowest BCUT2D eigenvalue weighted by Gasteiger charge is -2.24. The molecule has 2 aromatic heterocycles. The third-order valence-electron chi connectivity index (χ3n) is 8.91. The molecule has 0 saturated carbocycles. The van der Waals surface area contributed by atoms with Gasteiger partial charge in [-0.1, -0.05) is 52.4 Å². The SMILES string of the molecule is CCCCCCCCC(NC(=O)CCC(=O)OC(=O)OCc1c(C)cc2n(c1=O)Cc1c-2nc2ccc(OC)cc2c1CC)C(=O)OC(C)(C)C. The first-order chi connectivity index (χ1) is 24.3. The fourth-order valence-electron chi connectivity index (χ4n) is 6.30. The largest absolute Gasteiger partial charge is 0.516 e. The van der Waals surface area contributed by atoms with Crippen molar-refractivity contribution in [2.24, 2.45) is 0 Å². The van der Waals surface area contributed by atoms with Crippen LogP contribution in [0, 0.1) is 6.92 Å². The number of hydrogen-bond acceptors (Lipinski definition) is 10. The van der Waals surface area contributed by atoms with Gasteiger partial charge in [0, 0.05) is 17.4 Å². The molecule has 0 radical (unpaired) electrons. The molecule has 1 aliphatic rings. The van der Waals surface area contributed by atoms with Crippen molar-refractivity contribution < 1.29 is 38.1 Å². The van der Waals surface area contributed by atoms with Gasteiger partial charge in [0.15, 0.2) is 0 Å². The van der Waals surface area contributed by atoms with Crippen LogP contribution in [0.3, 0.4) is 0 Å². The number of benzene rings is 1. The molecule has 1 N–H and O–H groups in total. The summed E-state index contributed by atoms with van der Waals surface area (Å²) in [4.78, 5) is 68.8. The molecule has 51 heavy (non-hydrogen) atoms. The van der Waals surface area contributed by atoms with Crippen LogP contribution < -0.4 is 15.6 Å². The molecule has 12 heteroatoms. The number of hydrogen-bond donors (Lipinski definition) is 1. The van der Waals surface area contributed by atoms with E-state index in [0.717, 1.165) is 78.4 Å². The Bertz CT molecular complexity index is 1820. The van der Waals surface area contributed by atoms with Crippen LogP contribution in [0.5, 0.6) is 5.75 Å². The summed E-state index contributed by atoms with van der Waals surface area (Å²) in [7, 11) is 1.61. The highest BCUT2D eigenvalue weighted by atomic mass is 16.7. The summed E-state index contributed by atoms with van der Waals surface area (Å²) in [5, 5.41) is 3.64. The van der Waals surface area contributed by atoms with Crippen LogP contribution in [0.4, 0.5) is 4.79 Å². The van der Waals surface area contributed by atoms with E-state index in [9.17, 15) is 24.0 Å². The van der Waals surface area contributed by atoms with Crippen molar-refractivity contribution in [3.8, 4) is 17.1 Å². The Kier molecular flexibility index (Phi) is 13.4.